The highest BCUT2D eigenvalue weighted by atomic mass is 16.8. The van der Waals surface area contributed by atoms with Crippen molar-refractivity contribution in [2.45, 2.75) is 148 Å². The van der Waals surface area contributed by atoms with E-state index in [1.54, 1.807) is 0 Å². The fraction of sp³-hybridized carbons (Fsp3) is 0.962. The van der Waals surface area contributed by atoms with Crippen LogP contribution in [0.3, 0.4) is 0 Å². The molecule has 0 aromatic carbocycles. The quantitative estimate of drug-likeness (QED) is 0.217. The van der Waals surface area contributed by atoms with E-state index in [0.717, 1.165) is 25.7 Å². The topological polar surface area (TPSA) is 77.0 Å². The molecule has 1 heterocycles. The molecular weight excluding hydrogens is 406 g/mol. The maximum atomic E-state index is 12.0. The largest absolute Gasteiger partial charge is 0.450 e. The van der Waals surface area contributed by atoms with Gasteiger partial charge in [0.15, 0.2) is 5.79 Å². The van der Waals surface area contributed by atoms with Gasteiger partial charge in [-0.1, -0.05) is 97.3 Å². The van der Waals surface area contributed by atoms with Crippen molar-refractivity contribution >= 4 is 6.09 Å². The third-order valence-corrected chi connectivity index (χ3v) is 6.19. The van der Waals surface area contributed by atoms with Gasteiger partial charge in [-0.15, -0.1) is 0 Å². The molecule has 1 rings (SSSR count). The Balaban J connectivity index is 2.25. The zero-order valence-corrected chi connectivity index (χ0v) is 21.3. The van der Waals surface area contributed by atoms with E-state index in [9.17, 15) is 9.90 Å². The molecule has 1 amide bonds. The first-order valence-electron chi connectivity index (χ1n) is 13.3. The highest BCUT2D eigenvalue weighted by Gasteiger charge is 2.45. The first kappa shape index (κ1) is 29.2. The second kappa shape index (κ2) is 17.6. The Morgan fingerprint density at radius 3 is 1.94 bits per heavy atom. The van der Waals surface area contributed by atoms with Gasteiger partial charge in [0.05, 0.1) is 25.4 Å². The van der Waals surface area contributed by atoms with Crippen LogP contribution in [0.4, 0.5) is 4.79 Å². The summed E-state index contributed by atoms with van der Waals surface area (Å²) in [6.07, 6.45) is 17.4. The number of amides is 1. The van der Waals surface area contributed by atoms with Gasteiger partial charge in [0.2, 0.25) is 0 Å². The minimum absolute atomic E-state index is 0.138. The molecule has 0 aromatic heterocycles. The number of rotatable bonds is 19. The van der Waals surface area contributed by atoms with E-state index in [2.05, 4.69) is 12.2 Å². The lowest BCUT2D eigenvalue weighted by Crippen LogP contribution is -2.50. The zero-order valence-electron chi connectivity index (χ0n) is 21.3. The SMILES string of the molecule is CCCCCCCCCCCCCC[C@H]1OC(C)(C)O[C@H]1[C@H](CO)NC(=O)OCCCC. The first-order valence-corrected chi connectivity index (χ1v) is 13.3. The Hall–Kier alpha value is -0.850. The third-order valence-electron chi connectivity index (χ3n) is 6.19. The highest BCUT2D eigenvalue weighted by molar-refractivity contribution is 5.67. The molecule has 3 atom stereocenters. The summed E-state index contributed by atoms with van der Waals surface area (Å²) in [5.41, 5.74) is 0. The van der Waals surface area contributed by atoms with E-state index >= 15 is 0 Å². The number of aliphatic hydroxyl groups is 1. The second-order valence-corrected chi connectivity index (χ2v) is 9.74. The molecule has 1 aliphatic rings. The molecule has 0 aliphatic carbocycles. The Morgan fingerprint density at radius 1 is 0.875 bits per heavy atom. The van der Waals surface area contributed by atoms with Crippen LogP contribution < -0.4 is 5.32 Å². The monoisotopic (exact) mass is 457 g/mol. The second-order valence-electron chi connectivity index (χ2n) is 9.74. The predicted molar refractivity (Wildman–Crippen MR) is 130 cm³/mol. The van der Waals surface area contributed by atoms with Gasteiger partial charge in [-0.3, -0.25) is 0 Å². The van der Waals surface area contributed by atoms with Crippen LogP contribution in [0.25, 0.3) is 0 Å². The van der Waals surface area contributed by atoms with Gasteiger partial charge in [0.25, 0.3) is 0 Å². The maximum Gasteiger partial charge on any atom is 0.407 e. The lowest BCUT2D eigenvalue weighted by molar-refractivity contribution is -0.149. The average molecular weight is 458 g/mol. The summed E-state index contributed by atoms with van der Waals surface area (Å²) < 4.78 is 17.3. The average Bonchev–Trinajstić information content (AvgIpc) is 3.07. The molecule has 0 bridgehead atoms. The molecule has 0 aromatic rings. The Bertz CT molecular complexity index is 471. The van der Waals surface area contributed by atoms with Crippen LogP contribution in [0.2, 0.25) is 0 Å². The molecule has 190 valence electrons. The van der Waals surface area contributed by atoms with Gasteiger partial charge in [-0.05, 0) is 26.7 Å². The molecular formula is C26H51NO5. The lowest BCUT2D eigenvalue weighted by Gasteiger charge is -2.25. The van der Waals surface area contributed by atoms with Crippen molar-refractivity contribution in [1.82, 2.24) is 5.32 Å². The van der Waals surface area contributed by atoms with Gasteiger partial charge in [0, 0.05) is 0 Å². The molecule has 0 saturated carbocycles. The Labute approximate surface area is 197 Å². The van der Waals surface area contributed by atoms with Crippen LogP contribution in [0.15, 0.2) is 0 Å². The number of aliphatic hydroxyl groups excluding tert-OH is 1. The molecule has 1 aliphatic heterocycles. The van der Waals surface area contributed by atoms with Crippen LogP contribution in [-0.2, 0) is 14.2 Å². The number of nitrogens with one attached hydrogen (secondary N) is 1. The molecule has 1 fully saturated rings. The molecule has 6 heteroatoms. The van der Waals surface area contributed by atoms with Crippen LogP contribution in [-0.4, -0.2) is 48.5 Å². The van der Waals surface area contributed by atoms with E-state index in [0.29, 0.717) is 6.61 Å². The summed E-state index contributed by atoms with van der Waals surface area (Å²) in [5.74, 6) is -0.715. The molecule has 32 heavy (non-hydrogen) atoms. The van der Waals surface area contributed by atoms with Gasteiger partial charge in [-0.2, -0.15) is 0 Å². The van der Waals surface area contributed by atoms with Crippen molar-refractivity contribution in [2.24, 2.45) is 0 Å². The fourth-order valence-electron chi connectivity index (χ4n) is 4.35. The van der Waals surface area contributed by atoms with Crippen molar-refractivity contribution in [2.75, 3.05) is 13.2 Å². The minimum atomic E-state index is -0.715. The first-order chi connectivity index (χ1) is 15.4. The standard InChI is InChI=1S/C26H51NO5/c1-5-7-9-10-11-12-13-14-15-16-17-18-19-23-24(32-26(3,4)31-23)22(21-28)27-25(29)30-20-8-6-2/h22-24,28H,5-21H2,1-4H3,(H,27,29)/t22-,23+,24-/m0/s1. The number of hydrogen-bond donors (Lipinski definition) is 2. The highest BCUT2D eigenvalue weighted by Crippen LogP contribution is 2.33. The summed E-state index contributed by atoms with van der Waals surface area (Å²) in [7, 11) is 0. The number of ether oxygens (including phenoxy) is 3. The number of carbonyl (C=O) groups excluding carboxylic acids is 1. The summed E-state index contributed by atoms with van der Waals surface area (Å²) in [6.45, 7) is 8.26. The molecule has 0 radical (unpaired) electrons. The lowest BCUT2D eigenvalue weighted by atomic mass is 9.99. The number of carbonyl (C=O) groups is 1. The molecule has 1 saturated heterocycles. The Morgan fingerprint density at radius 2 is 1.41 bits per heavy atom. The zero-order chi connectivity index (χ0) is 23.7. The van der Waals surface area contributed by atoms with Crippen LogP contribution in [0, 0.1) is 0 Å². The smallest absolute Gasteiger partial charge is 0.407 e. The molecule has 0 spiro atoms. The summed E-state index contributed by atoms with van der Waals surface area (Å²) in [6, 6.07) is -0.534. The van der Waals surface area contributed by atoms with Crippen molar-refractivity contribution in [1.29, 1.82) is 0 Å². The number of hydrogen-bond acceptors (Lipinski definition) is 5. The molecule has 2 N–H and O–H groups in total. The Kier molecular flexibility index (Phi) is 16.1. The van der Waals surface area contributed by atoms with Gasteiger partial charge < -0.3 is 24.6 Å². The number of unbranched alkanes of at least 4 members (excludes halogenated alkanes) is 12. The van der Waals surface area contributed by atoms with Crippen LogP contribution >= 0.6 is 0 Å². The van der Waals surface area contributed by atoms with Crippen LogP contribution in [0.5, 0.6) is 0 Å². The van der Waals surface area contributed by atoms with E-state index in [1.165, 1.54) is 70.6 Å². The van der Waals surface area contributed by atoms with Crippen LogP contribution in [0.1, 0.15) is 124 Å². The summed E-state index contributed by atoms with van der Waals surface area (Å²) >= 11 is 0. The maximum absolute atomic E-state index is 12.0. The van der Waals surface area contributed by atoms with E-state index in [-0.39, 0.29) is 18.8 Å². The van der Waals surface area contributed by atoms with Crippen molar-refractivity contribution in [3.05, 3.63) is 0 Å². The van der Waals surface area contributed by atoms with Crippen molar-refractivity contribution < 1.29 is 24.1 Å². The van der Waals surface area contributed by atoms with Gasteiger partial charge >= 0.3 is 6.09 Å². The van der Waals surface area contributed by atoms with E-state index in [1.807, 2.05) is 20.8 Å². The normalized spacial score (nSPS) is 20.9. The third kappa shape index (κ3) is 13.0. The minimum Gasteiger partial charge on any atom is -0.450 e. The van der Waals surface area contributed by atoms with Crippen molar-refractivity contribution in [3.63, 3.8) is 0 Å². The molecule has 6 nitrogen and oxygen atoms in total. The van der Waals surface area contributed by atoms with Gasteiger partial charge in [-0.25, -0.2) is 4.79 Å². The van der Waals surface area contributed by atoms with Crippen molar-refractivity contribution in [3.8, 4) is 0 Å². The molecule has 0 unspecified atom stereocenters. The summed E-state index contributed by atoms with van der Waals surface area (Å²) in [5, 5.41) is 12.6. The van der Waals surface area contributed by atoms with E-state index < -0.39 is 17.9 Å². The van der Waals surface area contributed by atoms with E-state index in [4.69, 9.17) is 14.2 Å². The fourth-order valence-corrected chi connectivity index (χ4v) is 4.35. The summed E-state index contributed by atoms with van der Waals surface area (Å²) in [4.78, 5) is 12.0. The van der Waals surface area contributed by atoms with Gasteiger partial charge in [0.1, 0.15) is 6.10 Å². The number of alkyl carbamates (subject to hydrolysis) is 1. The predicted octanol–water partition coefficient (Wildman–Crippen LogP) is 6.48.